The third-order valence-corrected chi connectivity index (χ3v) is 4.53. The minimum Gasteiger partial charge on any atom is -0.439 e. The Morgan fingerprint density at radius 3 is 2.96 bits per heavy atom. The minimum absolute atomic E-state index is 0.170. The van der Waals surface area contributed by atoms with Crippen LogP contribution in [0.4, 0.5) is 0 Å². The van der Waals surface area contributed by atoms with Gasteiger partial charge in [-0.2, -0.15) is 5.10 Å². The van der Waals surface area contributed by atoms with Crippen molar-refractivity contribution in [2.24, 2.45) is 7.05 Å². The van der Waals surface area contributed by atoms with Gasteiger partial charge in [0.05, 0.1) is 6.20 Å². The first kappa shape index (κ1) is 16.0. The summed E-state index contributed by atoms with van der Waals surface area (Å²) in [6.07, 6.45) is 3.07. The van der Waals surface area contributed by atoms with Gasteiger partial charge < -0.3 is 4.42 Å². The van der Waals surface area contributed by atoms with Crippen LogP contribution in [0.25, 0.3) is 22.4 Å². The first-order valence-electron chi connectivity index (χ1n) is 7.31. The smallest absolute Gasteiger partial charge is 0.266 e. The Morgan fingerprint density at radius 2 is 2.16 bits per heavy atom. The maximum absolute atomic E-state index is 12.6. The first-order valence-corrected chi connectivity index (χ1v) is 8.48. The highest BCUT2D eigenvalue weighted by Gasteiger charge is 2.15. The van der Waals surface area contributed by atoms with E-state index in [1.165, 1.54) is 10.9 Å². The summed E-state index contributed by atoms with van der Waals surface area (Å²) in [7, 11) is 1.73. The lowest BCUT2D eigenvalue weighted by molar-refractivity contribution is 0.484. The van der Waals surface area contributed by atoms with E-state index in [-0.39, 0.29) is 12.1 Å². The van der Waals surface area contributed by atoms with Crippen LogP contribution >= 0.6 is 27.5 Å². The molecule has 0 saturated carbocycles. The minimum atomic E-state index is -0.215. The first-order chi connectivity index (χ1) is 12.0. The number of fused-ring (bicyclic) bond motifs is 1. The van der Waals surface area contributed by atoms with E-state index in [0.29, 0.717) is 32.3 Å². The molecule has 0 N–H and O–H groups in total. The maximum atomic E-state index is 12.6. The molecule has 0 fully saturated rings. The average Bonchev–Trinajstić information content (AvgIpc) is 3.15. The molecule has 1 aromatic carbocycles. The van der Waals surface area contributed by atoms with Gasteiger partial charge in [0.1, 0.15) is 22.9 Å². The highest BCUT2D eigenvalue weighted by Crippen LogP contribution is 2.23. The van der Waals surface area contributed by atoms with Crippen molar-refractivity contribution < 1.29 is 4.42 Å². The van der Waals surface area contributed by atoms with Gasteiger partial charge in [-0.25, -0.2) is 14.6 Å². The molecule has 0 aliphatic carbocycles. The quantitative estimate of drug-likeness (QED) is 0.508. The van der Waals surface area contributed by atoms with Crippen molar-refractivity contribution in [2.45, 2.75) is 6.54 Å². The summed E-state index contributed by atoms with van der Waals surface area (Å²) in [6, 6.07) is 7.29. The Kier molecular flexibility index (Phi) is 3.93. The van der Waals surface area contributed by atoms with Gasteiger partial charge in [0, 0.05) is 17.6 Å². The van der Waals surface area contributed by atoms with Gasteiger partial charge in [0.25, 0.3) is 5.56 Å². The predicted molar refractivity (Wildman–Crippen MR) is 96.5 cm³/mol. The summed E-state index contributed by atoms with van der Waals surface area (Å²) in [5.41, 5.74) is 1.12. The molecule has 0 aliphatic rings. The summed E-state index contributed by atoms with van der Waals surface area (Å²) in [4.78, 5) is 21.2. The van der Waals surface area contributed by atoms with Crippen molar-refractivity contribution in [3.63, 3.8) is 0 Å². The molecule has 0 aliphatic heterocycles. The van der Waals surface area contributed by atoms with Crippen LogP contribution in [0.3, 0.4) is 0 Å². The van der Waals surface area contributed by atoms with Crippen LogP contribution in [0.1, 0.15) is 5.89 Å². The molecule has 126 valence electrons. The van der Waals surface area contributed by atoms with E-state index in [1.807, 2.05) is 12.1 Å². The van der Waals surface area contributed by atoms with Crippen LogP contribution in [0.2, 0.25) is 5.02 Å². The van der Waals surface area contributed by atoms with Gasteiger partial charge in [-0.3, -0.25) is 9.36 Å². The van der Waals surface area contributed by atoms with E-state index in [2.05, 4.69) is 31.0 Å². The lowest BCUT2D eigenvalue weighted by atomic mass is 10.2. The highest BCUT2D eigenvalue weighted by molar-refractivity contribution is 9.10. The van der Waals surface area contributed by atoms with Crippen molar-refractivity contribution in [1.29, 1.82) is 0 Å². The van der Waals surface area contributed by atoms with Gasteiger partial charge >= 0.3 is 0 Å². The Hall–Kier alpha value is -2.45. The molecule has 0 radical (unpaired) electrons. The van der Waals surface area contributed by atoms with Gasteiger partial charge in [-0.05, 0) is 28.1 Å². The van der Waals surface area contributed by atoms with Crippen LogP contribution in [0.15, 0.2) is 50.6 Å². The third-order valence-electron chi connectivity index (χ3n) is 3.74. The van der Waals surface area contributed by atoms with Crippen molar-refractivity contribution in [1.82, 2.24) is 24.3 Å². The zero-order valence-corrected chi connectivity index (χ0v) is 15.3. The molecular formula is C16H11BrClN5O2. The second-order valence-corrected chi connectivity index (χ2v) is 6.61. The van der Waals surface area contributed by atoms with Crippen molar-refractivity contribution in [3.05, 3.63) is 62.7 Å². The second kappa shape index (κ2) is 6.12. The fraction of sp³-hybridized carbons (Fsp3) is 0.125. The lowest BCUT2D eigenvalue weighted by Crippen LogP contribution is -2.21. The highest BCUT2D eigenvalue weighted by atomic mass is 79.9. The van der Waals surface area contributed by atoms with Crippen LogP contribution < -0.4 is 5.56 Å². The Bertz CT molecular complexity index is 1150. The van der Waals surface area contributed by atoms with Crippen molar-refractivity contribution >= 4 is 38.6 Å². The molecule has 0 unspecified atom stereocenters. The van der Waals surface area contributed by atoms with E-state index < -0.39 is 0 Å². The Labute approximate surface area is 155 Å². The molecule has 7 nitrogen and oxygen atoms in total. The molecule has 0 atom stereocenters. The molecule has 3 aromatic heterocycles. The lowest BCUT2D eigenvalue weighted by Gasteiger charge is -2.02. The van der Waals surface area contributed by atoms with Crippen LogP contribution in [0, 0.1) is 0 Å². The largest absolute Gasteiger partial charge is 0.439 e. The standard InChI is InChI=1S/C16H11BrClN5O2/c1-22-15-13(14(17)21-22)16(24)23(8-20-15)7-12-19-6-11(25-12)9-3-2-4-10(18)5-9/h2-6,8H,7H2,1H3. The van der Waals surface area contributed by atoms with Crippen LogP contribution in [-0.2, 0) is 13.6 Å². The van der Waals surface area contributed by atoms with Gasteiger partial charge in [0.2, 0.25) is 5.89 Å². The summed E-state index contributed by atoms with van der Waals surface area (Å²) in [5, 5.41) is 5.19. The number of hydrogen-bond donors (Lipinski definition) is 0. The number of oxazole rings is 1. The van der Waals surface area contributed by atoms with Gasteiger partial charge in [-0.1, -0.05) is 23.7 Å². The predicted octanol–water partition coefficient (Wildman–Crippen LogP) is 3.25. The Morgan fingerprint density at radius 1 is 1.32 bits per heavy atom. The molecule has 4 rings (SSSR count). The maximum Gasteiger partial charge on any atom is 0.266 e. The van der Waals surface area contributed by atoms with Gasteiger partial charge in [-0.15, -0.1) is 0 Å². The van der Waals surface area contributed by atoms with Crippen LogP contribution in [0.5, 0.6) is 0 Å². The summed E-state index contributed by atoms with van der Waals surface area (Å²) in [5.74, 6) is 0.986. The number of aryl methyl sites for hydroxylation is 1. The van der Waals surface area contributed by atoms with E-state index in [1.54, 1.807) is 30.1 Å². The molecule has 0 spiro atoms. The zero-order valence-electron chi connectivity index (χ0n) is 13.0. The monoisotopic (exact) mass is 419 g/mol. The van der Waals surface area contributed by atoms with E-state index in [9.17, 15) is 4.79 Å². The molecule has 0 amide bonds. The Balaban J connectivity index is 1.69. The number of hydrogen-bond acceptors (Lipinski definition) is 5. The normalized spacial score (nSPS) is 11.3. The SMILES string of the molecule is Cn1nc(Br)c2c(=O)n(Cc3ncc(-c4cccc(Cl)c4)o3)cnc21. The summed E-state index contributed by atoms with van der Waals surface area (Å²) in [6.45, 7) is 0.170. The molecule has 0 saturated heterocycles. The molecule has 3 heterocycles. The third kappa shape index (κ3) is 2.87. The van der Waals surface area contributed by atoms with Crippen LogP contribution in [-0.4, -0.2) is 24.3 Å². The molecule has 9 heteroatoms. The topological polar surface area (TPSA) is 78.7 Å². The van der Waals surface area contributed by atoms with E-state index in [4.69, 9.17) is 16.0 Å². The number of benzene rings is 1. The summed E-state index contributed by atoms with van der Waals surface area (Å²) < 4.78 is 9.19. The summed E-state index contributed by atoms with van der Waals surface area (Å²) >= 11 is 9.29. The fourth-order valence-electron chi connectivity index (χ4n) is 2.55. The number of aromatic nitrogens is 5. The average molecular weight is 421 g/mol. The molecule has 25 heavy (non-hydrogen) atoms. The molecular weight excluding hydrogens is 410 g/mol. The van der Waals surface area contributed by atoms with Gasteiger partial charge in [0.15, 0.2) is 11.4 Å². The number of rotatable bonds is 3. The molecule has 0 bridgehead atoms. The number of halogens is 2. The number of nitrogens with zero attached hydrogens (tertiary/aromatic N) is 5. The van der Waals surface area contributed by atoms with E-state index in [0.717, 1.165) is 5.56 Å². The zero-order chi connectivity index (χ0) is 17.6. The molecule has 4 aromatic rings. The van der Waals surface area contributed by atoms with Crippen molar-refractivity contribution in [3.8, 4) is 11.3 Å². The van der Waals surface area contributed by atoms with Crippen molar-refractivity contribution in [2.75, 3.05) is 0 Å². The second-order valence-electron chi connectivity index (χ2n) is 5.42. The fourth-order valence-corrected chi connectivity index (χ4v) is 3.33. The van der Waals surface area contributed by atoms with E-state index >= 15 is 0 Å².